The zero-order valence-electron chi connectivity index (χ0n) is 11.0. The number of hydrogen-bond donors (Lipinski definition) is 1. The molecule has 0 bridgehead atoms. The van der Waals surface area contributed by atoms with Crippen molar-refractivity contribution in [3.8, 4) is 0 Å². The first kappa shape index (κ1) is 13.7. The van der Waals surface area contributed by atoms with Gasteiger partial charge in [-0.15, -0.1) is 0 Å². The van der Waals surface area contributed by atoms with Gasteiger partial charge in [0.1, 0.15) is 0 Å². The fourth-order valence-electron chi connectivity index (χ4n) is 1.45. The lowest BCUT2D eigenvalue weighted by molar-refractivity contribution is 0.0388. The van der Waals surface area contributed by atoms with E-state index in [4.69, 9.17) is 0 Å². The second kappa shape index (κ2) is 4.06. The second-order valence-electron chi connectivity index (χ2n) is 5.93. The fourth-order valence-corrected chi connectivity index (χ4v) is 1.45. The topological polar surface area (TPSA) is 20.2 Å². The molecule has 0 aliphatic rings. The summed E-state index contributed by atoms with van der Waals surface area (Å²) in [7, 11) is 0. The smallest absolute Gasteiger partial charge is 0.0654 e. The van der Waals surface area contributed by atoms with E-state index < -0.39 is 5.60 Å². The van der Waals surface area contributed by atoms with Gasteiger partial charge in [-0.05, 0) is 33.1 Å². The van der Waals surface area contributed by atoms with Crippen LogP contribution in [0.4, 0.5) is 0 Å². The molecular weight excluding hydrogens is 172 g/mol. The van der Waals surface area contributed by atoms with Gasteiger partial charge >= 0.3 is 0 Å². The summed E-state index contributed by atoms with van der Waals surface area (Å²) in [5.74, 6) is 0.210. The molecule has 0 aliphatic heterocycles. The van der Waals surface area contributed by atoms with Crippen LogP contribution in [0.1, 0.15) is 55.4 Å². The summed E-state index contributed by atoms with van der Waals surface area (Å²) in [6.45, 7) is 16.8. The van der Waals surface area contributed by atoms with Crippen molar-refractivity contribution in [3.05, 3.63) is 11.1 Å². The van der Waals surface area contributed by atoms with Crippen molar-refractivity contribution in [2.24, 2.45) is 11.3 Å². The number of hydrogen-bond acceptors (Lipinski definition) is 1. The summed E-state index contributed by atoms with van der Waals surface area (Å²) in [6.07, 6.45) is 0. The lowest BCUT2D eigenvalue weighted by atomic mass is 9.77. The van der Waals surface area contributed by atoms with Gasteiger partial charge in [0.2, 0.25) is 0 Å². The van der Waals surface area contributed by atoms with Crippen LogP contribution in [0, 0.1) is 11.3 Å². The SMILES string of the molecule is C/C(=C(/C)C(C)(C)C)C(C)C(C)(C)O. The molecule has 1 heteroatoms. The largest absolute Gasteiger partial charge is 0.390 e. The average Bonchev–Trinajstić information content (AvgIpc) is 1.97. The maximum absolute atomic E-state index is 9.94. The second-order valence-corrected chi connectivity index (χ2v) is 5.93. The molecule has 1 nitrogen and oxygen atoms in total. The normalized spacial score (nSPS) is 17.8. The van der Waals surface area contributed by atoms with E-state index in [-0.39, 0.29) is 11.3 Å². The van der Waals surface area contributed by atoms with E-state index in [1.54, 1.807) is 0 Å². The van der Waals surface area contributed by atoms with Crippen molar-refractivity contribution in [2.45, 2.75) is 61.0 Å². The molecule has 0 rings (SSSR count). The first-order valence-electron chi connectivity index (χ1n) is 5.38. The zero-order chi connectivity index (χ0) is 11.7. The van der Waals surface area contributed by atoms with Crippen molar-refractivity contribution in [2.75, 3.05) is 0 Å². The van der Waals surface area contributed by atoms with Gasteiger partial charge in [-0.2, -0.15) is 0 Å². The van der Waals surface area contributed by atoms with E-state index >= 15 is 0 Å². The van der Waals surface area contributed by atoms with Crippen LogP contribution in [0.15, 0.2) is 11.1 Å². The Hall–Kier alpha value is -0.300. The van der Waals surface area contributed by atoms with Crippen LogP contribution in [0.3, 0.4) is 0 Å². The summed E-state index contributed by atoms with van der Waals surface area (Å²) in [5.41, 5.74) is 2.26. The van der Waals surface area contributed by atoms with Crippen LogP contribution in [0.25, 0.3) is 0 Å². The molecule has 0 fully saturated rings. The quantitative estimate of drug-likeness (QED) is 0.670. The summed E-state index contributed by atoms with van der Waals surface area (Å²) in [5, 5.41) is 9.94. The summed E-state index contributed by atoms with van der Waals surface area (Å²) in [4.78, 5) is 0. The molecule has 1 unspecified atom stereocenters. The first-order valence-corrected chi connectivity index (χ1v) is 5.38. The van der Waals surface area contributed by atoms with Crippen LogP contribution in [0.2, 0.25) is 0 Å². The minimum atomic E-state index is -0.628. The van der Waals surface area contributed by atoms with Gasteiger partial charge < -0.3 is 5.11 Å². The first-order chi connectivity index (χ1) is 5.98. The Kier molecular flexibility index (Phi) is 3.97. The molecule has 0 aliphatic carbocycles. The summed E-state index contributed by atoms with van der Waals surface area (Å²) in [6, 6.07) is 0. The number of aliphatic hydroxyl groups is 1. The molecule has 14 heavy (non-hydrogen) atoms. The average molecular weight is 198 g/mol. The van der Waals surface area contributed by atoms with Crippen LogP contribution in [-0.4, -0.2) is 10.7 Å². The highest BCUT2D eigenvalue weighted by Gasteiger charge is 2.27. The van der Waals surface area contributed by atoms with Gasteiger partial charge in [0.25, 0.3) is 0 Å². The molecule has 0 saturated heterocycles. The highest BCUT2D eigenvalue weighted by atomic mass is 16.3. The third kappa shape index (κ3) is 3.45. The predicted molar refractivity (Wildman–Crippen MR) is 63.3 cm³/mol. The summed E-state index contributed by atoms with van der Waals surface area (Å²) < 4.78 is 0. The molecule has 1 atom stereocenters. The van der Waals surface area contributed by atoms with Crippen LogP contribution in [0.5, 0.6) is 0 Å². The van der Waals surface area contributed by atoms with Gasteiger partial charge in [0, 0.05) is 5.92 Å². The fraction of sp³-hybridized carbons (Fsp3) is 0.846. The van der Waals surface area contributed by atoms with Crippen LogP contribution in [-0.2, 0) is 0 Å². The van der Waals surface area contributed by atoms with Crippen molar-refractivity contribution in [3.63, 3.8) is 0 Å². The highest BCUT2D eigenvalue weighted by molar-refractivity contribution is 5.20. The standard InChI is InChI=1S/C13H26O/c1-9(10(2)12(4,5)6)11(3)13(7,8)14/h11,14H,1-8H3/b10-9+. The molecule has 0 aromatic rings. The van der Waals surface area contributed by atoms with E-state index in [0.29, 0.717) is 0 Å². The van der Waals surface area contributed by atoms with E-state index in [1.165, 1.54) is 11.1 Å². The van der Waals surface area contributed by atoms with E-state index in [9.17, 15) is 5.11 Å². The van der Waals surface area contributed by atoms with Gasteiger partial charge in [0.15, 0.2) is 0 Å². The molecule has 0 spiro atoms. The Balaban J connectivity index is 5.03. The van der Waals surface area contributed by atoms with Gasteiger partial charge in [-0.3, -0.25) is 0 Å². The molecule has 1 N–H and O–H groups in total. The molecule has 0 radical (unpaired) electrons. The Labute approximate surface area is 89.2 Å². The highest BCUT2D eigenvalue weighted by Crippen LogP contribution is 2.33. The van der Waals surface area contributed by atoms with Crippen LogP contribution >= 0.6 is 0 Å². The molecule has 0 aromatic heterocycles. The summed E-state index contributed by atoms with van der Waals surface area (Å²) >= 11 is 0. The monoisotopic (exact) mass is 198 g/mol. The molecule has 0 saturated carbocycles. The Bertz CT molecular complexity index is 223. The lowest BCUT2D eigenvalue weighted by Crippen LogP contribution is -2.30. The predicted octanol–water partition coefficient (Wildman–Crippen LogP) is 3.78. The van der Waals surface area contributed by atoms with E-state index in [2.05, 4.69) is 41.5 Å². The van der Waals surface area contributed by atoms with Crippen molar-refractivity contribution >= 4 is 0 Å². The van der Waals surface area contributed by atoms with Gasteiger partial charge in [-0.1, -0.05) is 38.8 Å². The Morgan fingerprint density at radius 2 is 1.36 bits per heavy atom. The maximum atomic E-state index is 9.94. The van der Waals surface area contributed by atoms with Crippen molar-refractivity contribution in [1.82, 2.24) is 0 Å². The third-order valence-corrected chi connectivity index (χ3v) is 3.43. The number of rotatable bonds is 2. The molecular formula is C13H26O. The zero-order valence-corrected chi connectivity index (χ0v) is 11.0. The molecule has 0 amide bonds. The van der Waals surface area contributed by atoms with Crippen LogP contribution < -0.4 is 0 Å². The van der Waals surface area contributed by atoms with E-state index in [0.717, 1.165) is 0 Å². The minimum Gasteiger partial charge on any atom is -0.390 e. The Morgan fingerprint density at radius 1 is 1.00 bits per heavy atom. The lowest BCUT2D eigenvalue weighted by Gasteiger charge is -2.31. The third-order valence-electron chi connectivity index (χ3n) is 3.43. The van der Waals surface area contributed by atoms with Gasteiger partial charge in [-0.25, -0.2) is 0 Å². The van der Waals surface area contributed by atoms with Crippen molar-refractivity contribution < 1.29 is 5.11 Å². The minimum absolute atomic E-state index is 0.198. The Morgan fingerprint density at radius 3 is 1.57 bits per heavy atom. The molecule has 0 aromatic carbocycles. The molecule has 84 valence electrons. The number of allylic oxidation sites excluding steroid dienone is 1. The van der Waals surface area contributed by atoms with E-state index in [1.807, 2.05) is 13.8 Å². The van der Waals surface area contributed by atoms with Gasteiger partial charge in [0.05, 0.1) is 5.60 Å². The molecule has 0 heterocycles. The maximum Gasteiger partial charge on any atom is 0.0654 e. The van der Waals surface area contributed by atoms with Crippen molar-refractivity contribution in [1.29, 1.82) is 0 Å².